The van der Waals surface area contributed by atoms with Crippen LogP contribution in [-0.4, -0.2) is 26.0 Å². The lowest BCUT2D eigenvalue weighted by atomic mass is 9.98. The van der Waals surface area contributed by atoms with Crippen LogP contribution in [0.3, 0.4) is 0 Å². The average Bonchev–Trinajstić information content (AvgIpc) is 3.01. The number of fused-ring (bicyclic) bond motifs is 1. The third-order valence-electron chi connectivity index (χ3n) is 4.33. The van der Waals surface area contributed by atoms with E-state index < -0.39 is 0 Å². The van der Waals surface area contributed by atoms with Crippen LogP contribution in [-0.2, 0) is 0 Å². The zero-order valence-corrected chi connectivity index (χ0v) is 12.8. The van der Waals surface area contributed by atoms with Crippen molar-refractivity contribution in [2.75, 3.05) is 5.73 Å². The molecule has 1 aliphatic carbocycles. The molecule has 0 saturated heterocycles. The monoisotopic (exact) mass is 309 g/mol. The first-order valence-electron chi connectivity index (χ1n) is 8.03. The van der Waals surface area contributed by atoms with Gasteiger partial charge in [-0.25, -0.2) is 15.0 Å². The molecule has 0 bridgehead atoms. The highest BCUT2D eigenvalue weighted by Gasteiger charge is 2.19. The summed E-state index contributed by atoms with van der Waals surface area (Å²) < 4.78 is 6.28. The molecule has 0 unspecified atom stereocenters. The first-order chi connectivity index (χ1) is 11.3. The fourth-order valence-electron chi connectivity index (χ4n) is 3.21. The van der Waals surface area contributed by atoms with E-state index >= 15 is 0 Å². The van der Waals surface area contributed by atoms with Crippen molar-refractivity contribution in [2.24, 2.45) is 0 Å². The molecular formula is C17H19N5O. The topological polar surface area (TPSA) is 89.7 Å². The van der Waals surface area contributed by atoms with Crippen LogP contribution in [0.25, 0.3) is 22.3 Å². The maximum atomic E-state index is 6.28. The summed E-state index contributed by atoms with van der Waals surface area (Å²) in [6.45, 7) is 0. The van der Waals surface area contributed by atoms with E-state index in [0.29, 0.717) is 0 Å². The molecule has 1 saturated carbocycles. The van der Waals surface area contributed by atoms with Crippen LogP contribution < -0.4 is 10.5 Å². The van der Waals surface area contributed by atoms with Crippen molar-refractivity contribution >= 4 is 17.0 Å². The van der Waals surface area contributed by atoms with E-state index in [1.165, 1.54) is 19.3 Å². The molecule has 0 spiro atoms. The summed E-state index contributed by atoms with van der Waals surface area (Å²) in [5.41, 5.74) is 8.22. The fourth-order valence-corrected chi connectivity index (χ4v) is 3.21. The van der Waals surface area contributed by atoms with Gasteiger partial charge in [-0.15, -0.1) is 0 Å². The smallest absolute Gasteiger partial charge is 0.220 e. The van der Waals surface area contributed by atoms with Gasteiger partial charge >= 0.3 is 0 Å². The number of nitrogens with one attached hydrogen (secondary N) is 1. The van der Waals surface area contributed by atoms with Crippen LogP contribution in [0.2, 0.25) is 0 Å². The number of aromatic amines is 1. The standard InChI is InChI=1S/C17H19N5O/c18-17-20-8-6-13(22-17)12-10-21-16-15(12)14(7-9-19-16)23-11-4-2-1-3-5-11/h6-11H,1-5H2,(H,19,21)(H2,18,20,22). The molecule has 0 atom stereocenters. The van der Waals surface area contributed by atoms with Gasteiger partial charge in [0.15, 0.2) is 0 Å². The third-order valence-corrected chi connectivity index (χ3v) is 4.33. The normalized spacial score (nSPS) is 15.8. The number of anilines is 1. The highest BCUT2D eigenvalue weighted by molar-refractivity contribution is 5.97. The number of H-pyrrole nitrogens is 1. The van der Waals surface area contributed by atoms with Crippen LogP contribution in [0.15, 0.2) is 30.7 Å². The SMILES string of the molecule is Nc1nccc(-c2c[nH]c3nccc(OC4CCCCC4)c23)n1. The molecule has 0 aromatic carbocycles. The molecule has 3 heterocycles. The van der Waals surface area contributed by atoms with Gasteiger partial charge in [-0.2, -0.15) is 0 Å². The summed E-state index contributed by atoms with van der Waals surface area (Å²) in [6.07, 6.45) is 11.6. The van der Waals surface area contributed by atoms with Gasteiger partial charge in [0.25, 0.3) is 0 Å². The summed E-state index contributed by atoms with van der Waals surface area (Å²) in [5, 5.41) is 0.955. The van der Waals surface area contributed by atoms with E-state index in [2.05, 4.69) is 19.9 Å². The molecule has 6 heteroatoms. The largest absolute Gasteiger partial charge is 0.490 e. The molecule has 23 heavy (non-hydrogen) atoms. The highest BCUT2D eigenvalue weighted by Crippen LogP contribution is 2.35. The van der Waals surface area contributed by atoms with Crippen LogP contribution in [0, 0.1) is 0 Å². The van der Waals surface area contributed by atoms with E-state index in [0.717, 1.165) is 40.9 Å². The second-order valence-corrected chi connectivity index (χ2v) is 5.91. The zero-order valence-electron chi connectivity index (χ0n) is 12.8. The number of nitrogen functional groups attached to an aromatic ring is 1. The highest BCUT2D eigenvalue weighted by atomic mass is 16.5. The Morgan fingerprint density at radius 3 is 2.74 bits per heavy atom. The second-order valence-electron chi connectivity index (χ2n) is 5.91. The summed E-state index contributed by atoms with van der Waals surface area (Å²) >= 11 is 0. The minimum absolute atomic E-state index is 0.260. The lowest BCUT2D eigenvalue weighted by Crippen LogP contribution is -2.19. The lowest BCUT2D eigenvalue weighted by Gasteiger charge is -2.23. The molecule has 118 valence electrons. The first-order valence-corrected chi connectivity index (χ1v) is 8.03. The van der Waals surface area contributed by atoms with Crippen molar-refractivity contribution in [3.8, 4) is 17.0 Å². The van der Waals surface area contributed by atoms with Crippen LogP contribution >= 0.6 is 0 Å². The molecule has 0 aliphatic heterocycles. The fraction of sp³-hybridized carbons (Fsp3) is 0.353. The molecule has 0 radical (unpaired) electrons. The number of hydrogen-bond acceptors (Lipinski definition) is 5. The Morgan fingerprint density at radius 2 is 1.91 bits per heavy atom. The van der Waals surface area contributed by atoms with Crippen LogP contribution in [0.1, 0.15) is 32.1 Å². The van der Waals surface area contributed by atoms with Crippen LogP contribution in [0.4, 0.5) is 5.95 Å². The predicted molar refractivity (Wildman–Crippen MR) is 89.0 cm³/mol. The first kappa shape index (κ1) is 14.0. The predicted octanol–water partition coefficient (Wildman–Crippen LogP) is 3.31. The van der Waals surface area contributed by atoms with Gasteiger partial charge in [0, 0.05) is 24.2 Å². The number of nitrogens with zero attached hydrogens (tertiary/aromatic N) is 3. The number of aromatic nitrogens is 4. The second kappa shape index (κ2) is 5.87. The molecule has 3 aromatic heterocycles. The number of rotatable bonds is 3. The van der Waals surface area contributed by atoms with Crippen molar-refractivity contribution in [2.45, 2.75) is 38.2 Å². The van der Waals surface area contributed by atoms with Crippen LogP contribution in [0.5, 0.6) is 5.75 Å². The van der Waals surface area contributed by atoms with Gasteiger partial charge in [0.1, 0.15) is 11.4 Å². The summed E-state index contributed by atoms with van der Waals surface area (Å²) in [7, 11) is 0. The van der Waals surface area contributed by atoms with Crippen molar-refractivity contribution in [1.82, 2.24) is 19.9 Å². The Labute approximate surface area is 134 Å². The Bertz CT molecular complexity index is 823. The van der Waals surface area contributed by atoms with E-state index in [1.807, 2.05) is 18.3 Å². The third kappa shape index (κ3) is 2.72. The average molecular weight is 309 g/mol. The van der Waals surface area contributed by atoms with Gasteiger partial charge in [0.05, 0.1) is 17.2 Å². The minimum Gasteiger partial charge on any atom is -0.490 e. The Morgan fingerprint density at radius 1 is 1.09 bits per heavy atom. The molecular weight excluding hydrogens is 290 g/mol. The number of hydrogen-bond donors (Lipinski definition) is 2. The number of nitrogens with two attached hydrogens (primary N) is 1. The quantitative estimate of drug-likeness (QED) is 0.774. The van der Waals surface area contributed by atoms with Gasteiger partial charge < -0.3 is 15.5 Å². The summed E-state index contributed by atoms with van der Waals surface area (Å²) in [6, 6.07) is 3.77. The van der Waals surface area contributed by atoms with Gasteiger partial charge in [-0.1, -0.05) is 6.42 Å². The van der Waals surface area contributed by atoms with E-state index in [1.54, 1.807) is 12.4 Å². The van der Waals surface area contributed by atoms with Crippen molar-refractivity contribution < 1.29 is 4.74 Å². The molecule has 1 fully saturated rings. The van der Waals surface area contributed by atoms with E-state index in [4.69, 9.17) is 10.5 Å². The Kier molecular flexibility index (Phi) is 3.57. The van der Waals surface area contributed by atoms with Crippen molar-refractivity contribution in [1.29, 1.82) is 0 Å². The molecule has 3 N–H and O–H groups in total. The summed E-state index contributed by atoms with van der Waals surface area (Å²) in [5.74, 6) is 1.12. The molecule has 4 rings (SSSR count). The maximum absolute atomic E-state index is 6.28. The van der Waals surface area contributed by atoms with Gasteiger partial charge in [0.2, 0.25) is 5.95 Å². The van der Waals surface area contributed by atoms with Gasteiger partial charge in [-0.3, -0.25) is 0 Å². The van der Waals surface area contributed by atoms with Crippen molar-refractivity contribution in [3.05, 3.63) is 30.7 Å². The lowest BCUT2D eigenvalue weighted by molar-refractivity contribution is 0.157. The molecule has 6 nitrogen and oxygen atoms in total. The maximum Gasteiger partial charge on any atom is 0.220 e. The zero-order chi connectivity index (χ0) is 15.6. The molecule has 3 aromatic rings. The number of ether oxygens (including phenoxy) is 1. The Hall–Kier alpha value is -2.63. The molecule has 1 aliphatic rings. The van der Waals surface area contributed by atoms with Gasteiger partial charge in [-0.05, 0) is 37.8 Å². The number of pyridine rings is 1. The summed E-state index contributed by atoms with van der Waals surface area (Å²) in [4.78, 5) is 15.9. The van der Waals surface area contributed by atoms with E-state index in [-0.39, 0.29) is 12.1 Å². The van der Waals surface area contributed by atoms with Crippen molar-refractivity contribution in [3.63, 3.8) is 0 Å². The van der Waals surface area contributed by atoms with E-state index in [9.17, 15) is 0 Å². The minimum atomic E-state index is 0.260. The molecule has 0 amide bonds. The Balaban J connectivity index is 1.77.